The van der Waals surface area contributed by atoms with Gasteiger partial charge in [-0.1, -0.05) is 11.6 Å². The number of halogens is 4. The monoisotopic (exact) mass is 520 g/mol. The molecule has 164 valence electrons. The third-order valence-corrected chi connectivity index (χ3v) is 6.40. The molecule has 0 radical (unpaired) electrons. The van der Waals surface area contributed by atoms with E-state index in [2.05, 4.69) is 25.9 Å². The van der Waals surface area contributed by atoms with E-state index in [1.165, 1.54) is 0 Å². The summed E-state index contributed by atoms with van der Waals surface area (Å²) in [6.07, 6.45) is -0.353. The van der Waals surface area contributed by atoms with Gasteiger partial charge in [0.05, 0.1) is 15.4 Å². The molecule has 0 unspecified atom stereocenters. The number of hydrogen-bond acceptors (Lipinski definition) is 5. The third kappa shape index (κ3) is 4.60. The average molecular weight is 522 g/mol. The number of nitrogens with zero attached hydrogens (tertiary/aromatic N) is 4. The third-order valence-electron chi connectivity index (χ3n) is 4.86. The molecular formula is C20H24BrCl2FN4O2. The molecule has 0 bridgehead atoms. The van der Waals surface area contributed by atoms with E-state index in [1.54, 1.807) is 11.0 Å². The Kier molecular flexibility index (Phi) is 6.70. The largest absolute Gasteiger partial charge is 0.444 e. The molecule has 30 heavy (non-hydrogen) atoms. The maximum atomic E-state index is 14.9. The van der Waals surface area contributed by atoms with Gasteiger partial charge in [-0.25, -0.2) is 19.2 Å². The fourth-order valence-corrected chi connectivity index (χ4v) is 4.09. The molecule has 1 aliphatic heterocycles. The summed E-state index contributed by atoms with van der Waals surface area (Å²) in [4.78, 5) is 25.2. The number of ether oxygens (including phenoxy) is 1. The zero-order valence-electron chi connectivity index (χ0n) is 17.5. The minimum atomic E-state index is -0.572. The summed E-state index contributed by atoms with van der Waals surface area (Å²) >= 11 is 15.4. The summed E-state index contributed by atoms with van der Waals surface area (Å²) in [5.41, 5.74) is -0.418. The highest BCUT2D eigenvalue weighted by Crippen LogP contribution is 2.36. The highest BCUT2D eigenvalue weighted by Gasteiger charge is 2.36. The summed E-state index contributed by atoms with van der Waals surface area (Å²) in [5.74, 6) is 0.360. The lowest BCUT2D eigenvalue weighted by Crippen LogP contribution is -2.59. The lowest BCUT2D eigenvalue weighted by Gasteiger charge is -2.45. The smallest absolute Gasteiger partial charge is 0.410 e. The minimum absolute atomic E-state index is 0.0461. The Morgan fingerprint density at radius 1 is 1.30 bits per heavy atom. The van der Waals surface area contributed by atoms with Crippen LogP contribution in [0.1, 0.15) is 40.4 Å². The highest BCUT2D eigenvalue weighted by atomic mass is 79.9. The van der Waals surface area contributed by atoms with Crippen LogP contribution in [0.3, 0.4) is 0 Å². The molecule has 10 heteroatoms. The molecule has 0 N–H and O–H groups in total. The first-order valence-electron chi connectivity index (χ1n) is 9.59. The second-order valence-corrected chi connectivity index (χ2v) is 9.93. The summed E-state index contributed by atoms with van der Waals surface area (Å²) in [6, 6.07) is 1.41. The van der Waals surface area contributed by atoms with Crippen molar-refractivity contribution in [2.45, 2.75) is 58.2 Å². The van der Waals surface area contributed by atoms with E-state index in [-0.39, 0.29) is 39.1 Å². The first-order chi connectivity index (χ1) is 13.9. The van der Waals surface area contributed by atoms with Gasteiger partial charge in [0.1, 0.15) is 22.8 Å². The first-order valence-corrected chi connectivity index (χ1v) is 11.3. The average Bonchev–Trinajstić information content (AvgIpc) is 2.66. The number of carbonyl (C=O) groups excluding carboxylic acids is 1. The van der Waals surface area contributed by atoms with Gasteiger partial charge in [-0.2, -0.15) is 0 Å². The van der Waals surface area contributed by atoms with E-state index in [0.29, 0.717) is 30.1 Å². The summed E-state index contributed by atoms with van der Waals surface area (Å²) in [7, 11) is 0. The Hall–Kier alpha value is -1.38. The molecule has 2 atom stereocenters. The van der Waals surface area contributed by atoms with Crippen molar-refractivity contribution < 1.29 is 13.9 Å². The molecule has 1 aromatic carbocycles. The number of rotatable bonds is 2. The number of benzene rings is 1. The Morgan fingerprint density at radius 3 is 2.57 bits per heavy atom. The van der Waals surface area contributed by atoms with Gasteiger partial charge >= 0.3 is 6.09 Å². The molecule has 1 aliphatic rings. The Labute approximate surface area is 193 Å². The van der Waals surface area contributed by atoms with Crippen molar-refractivity contribution in [3.63, 3.8) is 0 Å². The molecule has 0 saturated carbocycles. The van der Waals surface area contributed by atoms with Gasteiger partial charge in [0.15, 0.2) is 5.82 Å². The van der Waals surface area contributed by atoms with E-state index in [4.69, 9.17) is 27.9 Å². The molecule has 2 heterocycles. The molecule has 3 rings (SSSR count). The van der Waals surface area contributed by atoms with Crippen LogP contribution in [-0.2, 0) is 10.6 Å². The minimum Gasteiger partial charge on any atom is -0.444 e. The van der Waals surface area contributed by atoms with Crippen LogP contribution in [0.15, 0.2) is 10.5 Å². The van der Waals surface area contributed by atoms with Crippen molar-refractivity contribution in [2.75, 3.05) is 18.0 Å². The van der Waals surface area contributed by atoms with E-state index in [0.717, 1.165) is 0 Å². The Morgan fingerprint density at radius 2 is 1.97 bits per heavy atom. The van der Waals surface area contributed by atoms with Crippen LogP contribution in [0.2, 0.25) is 5.02 Å². The van der Waals surface area contributed by atoms with Crippen LogP contribution in [0.5, 0.6) is 0 Å². The molecule has 1 saturated heterocycles. The number of amides is 1. The topological polar surface area (TPSA) is 58.6 Å². The molecule has 6 nitrogen and oxygen atoms in total. The highest BCUT2D eigenvalue weighted by molar-refractivity contribution is 9.10. The van der Waals surface area contributed by atoms with Crippen LogP contribution in [0.4, 0.5) is 15.0 Å². The van der Waals surface area contributed by atoms with Crippen LogP contribution in [0, 0.1) is 5.82 Å². The van der Waals surface area contributed by atoms with Crippen molar-refractivity contribution in [1.82, 2.24) is 14.9 Å². The number of alkyl halides is 1. The number of carbonyl (C=O) groups is 1. The van der Waals surface area contributed by atoms with E-state index in [9.17, 15) is 9.18 Å². The molecule has 0 spiro atoms. The summed E-state index contributed by atoms with van der Waals surface area (Å²) in [6.45, 7) is 10.4. The molecule has 1 fully saturated rings. The maximum absolute atomic E-state index is 14.9. The SMILES string of the molecule is C[C@@H]1CN(c2nc(CCl)nc3c(F)c(Br)c(Cl)cc23)[C@@H](C)CN1C(=O)OC(C)(C)C. The summed E-state index contributed by atoms with van der Waals surface area (Å²) in [5, 5.41) is 0.732. The van der Waals surface area contributed by atoms with Crippen molar-refractivity contribution in [1.29, 1.82) is 0 Å². The van der Waals surface area contributed by atoms with E-state index >= 15 is 0 Å². The van der Waals surface area contributed by atoms with Crippen molar-refractivity contribution in [3.05, 3.63) is 27.2 Å². The van der Waals surface area contributed by atoms with Gasteiger partial charge in [0.25, 0.3) is 0 Å². The number of fused-ring (bicyclic) bond motifs is 1. The van der Waals surface area contributed by atoms with Gasteiger partial charge in [0.2, 0.25) is 0 Å². The van der Waals surface area contributed by atoms with Gasteiger partial charge in [0, 0.05) is 30.6 Å². The molecule has 1 amide bonds. The van der Waals surface area contributed by atoms with Gasteiger partial charge in [-0.3, -0.25) is 0 Å². The van der Waals surface area contributed by atoms with Crippen molar-refractivity contribution in [3.8, 4) is 0 Å². The normalized spacial score (nSPS) is 20.0. The van der Waals surface area contributed by atoms with Gasteiger partial charge in [-0.15, -0.1) is 11.6 Å². The lowest BCUT2D eigenvalue weighted by atomic mass is 10.1. The number of hydrogen-bond donors (Lipinski definition) is 0. The fraction of sp³-hybridized carbons (Fsp3) is 0.550. The fourth-order valence-electron chi connectivity index (χ4n) is 3.48. The summed E-state index contributed by atoms with van der Waals surface area (Å²) < 4.78 is 20.6. The number of piperazine rings is 1. The quantitative estimate of drug-likeness (QED) is 0.371. The van der Waals surface area contributed by atoms with E-state index in [1.807, 2.05) is 39.5 Å². The second kappa shape index (κ2) is 8.63. The van der Waals surface area contributed by atoms with Crippen molar-refractivity contribution in [2.24, 2.45) is 0 Å². The standard InChI is InChI=1S/C20H24BrCl2FN4O2/c1-10-9-28(19(29)30-20(3,4)5)11(2)8-27(10)18-12-6-13(23)15(21)16(24)17(12)25-14(7-22)26-18/h6,10-11H,7-9H2,1-5H3/t10-,11+/m0/s1. The van der Waals surface area contributed by atoms with Crippen molar-refractivity contribution >= 4 is 61.9 Å². The predicted octanol–water partition coefficient (Wildman–Crippen LogP) is 5.76. The number of anilines is 1. The Bertz CT molecular complexity index is 986. The van der Waals surface area contributed by atoms with Crippen LogP contribution in [0.25, 0.3) is 10.9 Å². The molecule has 1 aromatic heterocycles. The zero-order chi connectivity index (χ0) is 22.4. The van der Waals surface area contributed by atoms with E-state index < -0.39 is 11.4 Å². The maximum Gasteiger partial charge on any atom is 0.410 e. The number of aromatic nitrogens is 2. The molecule has 0 aliphatic carbocycles. The second-order valence-electron chi connectivity index (χ2n) is 8.46. The van der Waals surface area contributed by atoms with Crippen LogP contribution >= 0.6 is 39.1 Å². The zero-order valence-corrected chi connectivity index (χ0v) is 20.6. The predicted molar refractivity (Wildman–Crippen MR) is 121 cm³/mol. The molecular weight excluding hydrogens is 498 g/mol. The van der Waals surface area contributed by atoms with Gasteiger partial charge < -0.3 is 14.5 Å². The first kappa shape index (κ1) is 23.3. The van der Waals surface area contributed by atoms with Gasteiger partial charge in [-0.05, 0) is 56.6 Å². The molecule has 2 aromatic rings. The Balaban J connectivity index is 2.01. The van der Waals surface area contributed by atoms with Crippen LogP contribution < -0.4 is 4.90 Å². The lowest BCUT2D eigenvalue weighted by molar-refractivity contribution is 0.0130. The van der Waals surface area contributed by atoms with Crippen LogP contribution in [-0.4, -0.2) is 51.7 Å².